The van der Waals surface area contributed by atoms with Gasteiger partial charge in [-0.25, -0.2) is 4.79 Å². The van der Waals surface area contributed by atoms with E-state index in [4.69, 9.17) is 5.73 Å². The van der Waals surface area contributed by atoms with Crippen molar-refractivity contribution in [2.24, 2.45) is 5.41 Å². The van der Waals surface area contributed by atoms with Crippen LogP contribution in [0.5, 0.6) is 0 Å². The zero-order chi connectivity index (χ0) is 15.2. The van der Waals surface area contributed by atoms with Crippen molar-refractivity contribution in [3.05, 3.63) is 23.8 Å². The Kier molecular flexibility index (Phi) is 5.86. The molecule has 0 aliphatic heterocycles. The fourth-order valence-electron chi connectivity index (χ4n) is 2.17. The lowest BCUT2D eigenvalue weighted by Gasteiger charge is -2.26. The van der Waals surface area contributed by atoms with Crippen LogP contribution in [0.3, 0.4) is 0 Å². The molecule has 20 heavy (non-hydrogen) atoms. The smallest absolute Gasteiger partial charge is 0.337 e. The highest BCUT2D eigenvalue weighted by atomic mass is 16.4. The van der Waals surface area contributed by atoms with E-state index in [1.54, 1.807) is 12.1 Å². The van der Waals surface area contributed by atoms with Gasteiger partial charge in [0.1, 0.15) is 0 Å². The number of carbonyl (C=O) groups is 1. The van der Waals surface area contributed by atoms with Gasteiger partial charge in [-0.1, -0.05) is 40.0 Å². The number of carboxylic acid groups (broad SMARTS) is 1. The van der Waals surface area contributed by atoms with Gasteiger partial charge >= 0.3 is 5.97 Å². The van der Waals surface area contributed by atoms with Crippen LogP contribution in [-0.4, -0.2) is 17.6 Å². The van der Waals surface area contributed by atoms with Crippen LogP contribution in [0.25, 0.3) is 0 Å². The maximum atomic E-state index is 11.2. The Morgan fingerprint density at radius 2 is 2.05 bits per heavy atom. The molecule has 1 aromatic carbocycles. The third-order valence-corrected chi connectivity index (χ3v) is 3.49. The molecular formula is C16H26N2O2. The lowest BCUT2D eigenvalue weighted by molar-refractivity contribution is 0.0698. The van der Waals surface area contributed by atoms with Gasteiger partial charge in [0.25, 0.3) is 0 Å². The number of aromatic carboxylic acids is 1. The normalized spacial score (nSPS) is 11.3. The second-order valence-electron chi connectivity index (χ2n) is 6.09. The molecule has 0 heterocycles. The van der Waals surface area contributed by atoms with Crippen molar-refractivity contribution >= 4 is 17.3 Å². The summed E-state index contributed by atoms with van der Waals surface area (Å²) >= 11 is 0. The average molecular weight is 278 g/mol. The van der Waals surface area contributed by atoms with Crippen LogP contribution in [0.2, 0.25) is 0 Å². The van der Waals surface area contributed by atoms with Crippen molar-refractivity contribution in [1.82, 2.24) is 0 Å². The van der Waals surface area contributed by atoms with Crippen LogP contribution in [0.4, 0.5) is 11.4 Å². The number of rotatable bonds is 8. The summed E-state index contributed by atoms with van der Waals surface area (Å²) in [6.07, 6.45) is 4.79. The van der Waals surface area contributed by atoms with Crippen molar-refractivity contribution in [2.75, 3.05) is 17.6 Å². The van der Waals surface area contributed by atoms with E-state index >= 15 is 0 Å². The van der Waals surface area contributed by atoms with E-state index in [-0.39, 0.29) is 11.0 Å². The summed E-state index contributed by atoms with van der Waals surface area (Å²) in [5, 5.41) is 12.4. The van der Waals surface area contributed by atoms with Gasteiger partial charge in [0.05, 0.1) is 5.56 Å². The Balaban J connectivity index is 2.67. The molecule has 0 saturated carbocycles. The van der Waals surface area contributed by atoms with Crippen LogP contribution in [-0.2, 0) is 0 Å². The molecule has 0 unspecified atom stereocenters. The summed E-state index contributed by atoms with van der Waals surface area (Å²) < 4.78 is 0. The Labute approximate surface area is 121 Å². The number of hydrogen-bond acceptors (Lipinski definition) is 3. The molecule has 4 N–H and O–H groups in total. The second-order valence-corrected chi connectivity index (χ2v) is 6.09. The predicted octanol–water partition coefficient (Wildman–Crippen LogP) is 3.99. The maximum Gasteiger partial charge on any atom is 0.337 e. The third-order valence-electron chi connectivity index (χ3n) is 3.49. The van der Waals surface area contributed by atoms with Gasteiger partial charge < -0.3 is 16.2 Å². The third kappa shape index (κ3) is 5.11. The minimum atomic E-state index is -0.955. The van der Waals surface area contributed by atoms with E-state index in [2.05, 4.69) is 26.1 Å². The highest BCUT2D eigenvalue weighted by Gasteiger charge is 2.18. The zero-order valence-electron chi connectivity index (χ0n) is 12.7. The molecule has 0 atom stereocenters. The minimum Gasteiger partial charge on any atom is -0.478 e. The van der Waals surface area contributed by atoms with Gasteiger partial charge in [0.2, 0.25) is 0 Å². The van der Waals surface area contributed by atoms with Gasteiger partial charge in [0, 0.05) is 17.9 Å². The molecule has 0 spiro atoms. The first-order valence-corrected chi connectivity index (χ1v) is 7.22. The minimum absolute atomic E-state index is 0.145. The molecular weight excluding hydrogens is 252 g/mol. The quantitative estimate of drug-likeness (QED) is 0.496. The summed E-state index contributed by atoms with van der Waals surface area (Å²) in [5.74, 6) is -0.955. The first kappa shape index (κ1) is 16.3. The van der Waals surface area contributed by atoms with Gasteiger partial charge in [-0.2, -0.15) is 0 Å². The van der Waals surface area contributed by atoms with Crippen molar-refractivity contribution in [1.29, 1.82) is 0 Å². The summed E-state index contributed by atoms with van der Waals surface area (Å²) in [7, 11) is 0. The fraction of sp³-hybridized carbons (Fsp3) is 0.562. The number of nitrogens with two attached hydrogens (primary N) is 1. The highest BCUT2D eigenvalue weighted by Crippen LogP contribution is 2.26. The van der Waals surface area contributed by atoms with Crippen molar-refractivity contribution in [3.8, 4) is 0 Å². The standard InChI is InChI=1S/C16H26N2O2/c1-4-5-6-9-16(2,3)11-18-14-8-7-12(17)10-13(14)15(19)20/h7-8,10,18H,4-6,9,11,17H2,1-3H3,(H,19,20). The molecule has 0 fully saturated rings. The van der Waals surface area contributed by atoms with Crippen LogP contribution in [0.1, 0.15) is 56.8 Å². The van der Waals surface area contributed by atoms with Crippen LogP contribution >= 0.6 is 0 Å². The predicted molar refractivity (Wildman–Crippen MR) is 84.2 cm³/mol. The Morgan fingerprint density at radius 3 is 2.65 bits per heavy atom. The van der Waals surface area contributed by atoms with Crippen molar-refractivity contribution in [3.63, 3.8) is 0 Å². The molecule has 0 bridgehead atoms. The monoisotopic (exact) mass is 278 g/mol. The average Bonchev–Trinajstić information content (AvgIpc) is 2.37. The lowest BCUT2D eigenvalue weighted by atomic mass is 9.86. The zero-order valence-corrected chi connectivity index (χ0v) is 12.7. The Morgan fingerprint density at radius 1 is 1.35 bits per heavy atom. The number of benzene rings is 1. The van der Waals surface area contributed by atoms with E-state index in [1.807, 2.05) is 0 Å². The van der Waals surface area contributed by atoms with Gasteiger partial charge in [-0.15, -0.1) is 0 Å². The largest absolute Gasteiger partial charge is 0.478 e. The van der Waals surface area contributed by atoms with E-state index in [0.29, 0.717) is 11.4 Å². The Hall–Kier alpha value is -1.71. The molecule has 4 heteroatoms. The maximum absolute atomic E-state index is 11.2. The fourth-order valence-corrected chi connectivity index (χ4v) is 2.17. The molecule has 0 amide bonds. The molecule has 0 saturated heterocycles. The molecule has 4 nitrogen and oxygen atoms in total. The molecule has 0 aliphatic carbocycles. The number of unbranched alkanes of at least 4 members (excludes halogenated alkanes) is 2. The number of nitrogen functional groups attached to an aromatic ring is 1. The van der Waals surface area contributed by atoms with Gasteiger partial charge in [0.15, 0.2) is 0 Å². The molecule has 0 radical (unpaired) electrons. The summed E-state index contributed by atoms with van der Waals surface area (Å²) in [6.45, 7) is 7.35. The van der Waals surface area contributed by atoms with Gasteiger partial charge in [-0.05, 0) is 30.0 Å². The van der Waals surface area contributed by atoms with Crippen LogP contribution < -0.4 is 11.1 Å². The van der Waals surface area contributed by atoms with Crippen LogP contribution in [0.15, 0.2) is 18.2 Å². The number of nitrogens with one attached hydrogen (secondary N) is 1. The van der Waals surface area contributed by atoms with E-state index in [9.17, 15) is 9.90 Å². The van der Waals surface area contributed by atoms with Crippen LogP contribution in [0, 0.1) is 5.41 Å². The number of hydrogen-bond donors (Lipinski definition) is 3. The second kappa shape index (κ2) is 7.17. The topological polar surface area (TPSA) is 75.3 Å². The van der Waals surface area contributed by atoms with Gasteiger partial charge in [-0.3, -0.25) is 0 Å². The molecule has 0 aromatic heterocycles. The van der Waals surface area contributed by atoms with E-state index in [0.717, 1.165) is 13.0 Å². The summed E-state index contributed by atoms with van der Waals surface area (Å²) in [4.78, 5) is 11.2. The molecule has 0 aliphatic rings. The highest BCUT2D eigenvalue weighted by molar-refractivity contribution is 5.95. The Bertz CT molecular complexity index is 456. The van der Waals surface area contributed by atoms with E-state index in [1.165, 1.54) is 25.3 Å². The molecule has 1 rings (SSSR count). The van der Waals surface area contributed by atoms with Crippen molar-refractivity contribution in [2.45, 2.75) is 46.5 Å². The molecule has 112 valence electrons. The lowest BCUT2D eigenvalue weighted by Crippen LogP contribution is -2.24. The summed E-state index contributed by atoms with van der Waals surface area (Å²) in [6, 6.07) is 4.95. The summed E-state index contributed by atoms with van der Waals surface area (Å²) in [5.41, 5.74) is 7.12. The van der Waals surface area contributed by atoms with E-state index < -0.39 is 5.97 Å². The van der Waals surface area contributed by atoms with Crippen molar-refractivity contribution < 1.29 is 9.90 Å². The SMILES string of the molecule is CCCCCC(C)(C)CNc1ccc(N)cc1C(=O)O. The number of carboxylic acids is 1. The first-order chi connectivity index (χ1) is 9.35. The molecule has 1 aromatic rings. The first-order valence-electron chi connectivity index (χ1n) is 7.22. The number of anilines is 2.